The number of benzene rings is 1. The second-order valence-electron chi connectivity index (χ2n) is 3.79. The number of anilines is 1. The minimum absolute atomic E-state index is 0.0550. The molecule has 1 aromatic carbocycles. The molecule has 0 aromatic heterocycles. The van der Waals surface area contributed by atoms with Crippen molar-refractivity contribution >= 4 is 21.4 Å². The second-order valence-corrected chi connectivity index (χ2v) is 6.07. The van der Waals surface area contributed by atoms with Gasteiger partial charge in [-0.15, -0.1) is 0 Å². The van der Waals surface area contributed by atoms with Crippen molar-refractivity contribution in [3.8, 4) is 0 Å². The number of amides is 1. The Labute approximate surface area is 107 Å². The summed E-state index contributed by atoms with van der Waals surface area (Å²) in [6.07, 6.45) is -0.552. The highest BCUT2D eigenvalue weighted by atomic mass is 32.2. The van der Waals surface area contributed by atoms with Gasteiger partial charge < -0.3 is 10.1 Å². The van der Waals surface area contributed by atoms with Gasteiger partial charge in [-0.25, -0.2) is 8.42 Å². The molecule has 0 saturated heterocycles. The summed E-state index contributed by atoms with van der Waals surface area (Å²) in [6, 6.07) is 6.07. The average Bonchev–Trinajstić information content (AvgIpc) is 2.38. The van der Waals surface area contributed by atoms with Crippen molar-refractivity contribution in [2.75, 3.05) is 18.2 Å². The van der Waals surface area contributed by atoms with Gasteiger partial charge in [-0.1, -0.05) is 6.92 Å². The number of hydrogen-bond acceptors (Lipinski definition) is 4. The number of carbonyl (C=O) groups excluding carboxylic acids is 1. The van der Waals surface area contributed by atoms with Crippen LogP contribution >= 0.6 is 0 Å². The Morgan fingerprint density at radius 3 is 2.33 bits per heavy atom. The highest BCUT2D eigenvalue weighted by Crippen LogP contribution is 2.15. The Morgan fingerprint density at radius 1 is 1.33 bits per heavy atom. The van der Waals surface area contributed by atoms with E-state index in [1.54, 1.807) is 26.0 Å². The van der Waals surface area contributed by atoms with Crippen LogP contribution in [0.3, 0.4) is 0 Å². The van der Waals surface area contributed by atoms with Crippen molar-refractivity contribution in [2.24, 2.45) is 0 Å². The maximum atomic E-state index is 11.6. The summed E-state index contributed by atoms with van der Waals surface area (Å²) < 4.78 is 28.0. The molecule has 0 radical (unpaired) electrons. The van der Waals surface area contributed by atoms with Gasteiger partial charge in [0, 0.05) is 12.8 Å². The van der Waals surface area contributed by atoms with E-state index >= 15 is 0 Å². The quantitative estimate of drug-likeness (QED) is 0.880. The van der Waals surface area contributed by atoms with Crippen LogP contribution < -0.4 is 5.32 Å². The maximum absolute atomic E-state index is 11.6. The largest absolute Gasteiger partial charge is 0.372 e. The number of nitrogens with one attached hydrogen (secondary N) is 1. The lowest BCUT2D eigenvalue weighted by atomic mass is 10.3. The molecule has 1 unspecified atom stereocenters. The summed E-state index contributed by atoms with van der Waals surface area (Å²) in [5, 5.41) is 2.63. The minimum Gasteiger partial charge on any atom is -0.372 e. The lowest BCUT2D eigenvalue weighted by molar-refractivity contribution is -0.124. The van der Waals surface area contributed by atoms with Crippen LogP contribution in [0, 0.1) is 0 Å². The highest BCUT2D eigenvalue weighted by Gasteiger charge is 2.13. The van der Waals surface area contributed by atoms with Crippen LogP contribution in [0.5, 0.6) is 0 Å². The molecule has 0 aliphatic rings. The molecule has 0 aliphatic heterocycles. The summed E-state index contributed by atoms with van der Waals surface area (Å²) >= 11 is 0. The predicted molar refractivity (Wildman–Crippen MR) is 69.3 cm³/mol. The molecule has 1 rings (SSSR count). The molecular weight excluding hydrogens is 254 g/mol. The SMILES string of the molecule is CCS(=O)(=O)c1ccc(NC(=O)C(C)OC)cc1. The van der Waals surface area contributed by atoms with Gasteiger partial charge in [0.25, 0.3) is 5.91 Å². The van der Waals surface area contributed by atoms with Gasteiger partial charge in [0.15, 0.2) is 9.84 Å². The van der Waals surface area contributed by atoms with Gasteiger partial charge in [0.05, 0.1) is 10.6 Å². The Hall–Kier alpha value is -1.40. The van der Waals surface area contributed by atoms with E-state index in [1.807, 2.05) is 0 Å². The van der Waals surface area contributed by atoms with Gasteiger partial charge in [0.1, 0.15) is 6.10 Å². The summed E-state index contributed by atoms with van der Waals surface area (Å²) in [4.78, 5) is 11.8. The van der Waals surface area contributed by atoms with Crippen LogP contribution in [0.15, 0.2) is 29.2 Å². The first-order valence-corrected chi connectivity index (χ1v) is 7.22. The zero-order valence-corrected chi connectivity index (χ0v) is 11.5. The fraction of sp³-hybridized carbons (Fsp3) is 0.417. The Bertz CT molecular complexity index is 507. The molecule has 1 atom stereocenters. The number of sulfone groups is 1. The molecule has 0 bridgehead atoms. The van der Waals surface area contributed by atoms with Crippen LogP contribution in [-0.4, -0.2) is 33.3 Å². The van der Waals surface area contributed by atoms with Crippen molar-refractivity contribution in [3.05, 3.63) is 24.3 Å². The monoisotopic (exact) mass is 271 g/mol. The zero-order chi connectivity index (χ0) is 13.8. The van der Waals surface area contributed by atoms with Crippen molar-refractivity contribution in [1.29, 1.82) is 0 Å². The second kappa shape index (κ2) is 5.97. The zero-order valence-electron chi connectivity index (χ0n) is 10.6. The van der Waals surface area contributed by atoms with Crippen molar-refractivity contribution < 1.29 is 17.9 Å². The van der Waals surface area contributed by atoms with Gasteiger partial charge in [-0.2, -0.15) is 0 Å². The number of carbonyl (C=O) groups is 1. The van der Waals surface area contributed by atoms with Crippen molar-refractivity contribution in [3.63, 3.8) is 0 Å². The average molecular weight is 271 g/mol. The standard InChI is InChI=1S/C12H17NO4S/c1-4-18(15,16)11-7-5-10(6-8-11)13-12(14)9(2)17-3/h5-9H,4H2,1-3H3,(H,13,14). The molecule has 0 heterocycles. The van der Waals surface area contributed by atoms with E-state index in [9.17, 15) is 13.2 Å². The van der Waals surface area contributed by atoms with Crippen molar-refractivity contribution in [1.82, 2.24) is 0 Å². The first-order valence-electron chi connectivity index (χ1n) is 5.57. The third-order valence-electron chi connectivity index (χ3n) is 2.58. The first-order chi connectivity index (χ1) is 8.40. The number of methoxy groups -OCH3 is 1. The Morgan fingerprint density at radius 2 is 1.89 bits per heavy atom. The highest BCUT2D eigenvalue weighted by molar-refractivity contribution is 7.91. The van der Waals surface area contributed by atoms with Crippen LogP contribution in [-0.2, 0) is 19.4 Å². The van der Waals surface area contributed by atoms with E-state index in [4.69, 9.17) is 4.74 Å². The molecule has 0 spiro atoms. The molecule has 1 N–H and O–H groups in total. The van der Waals surface area contributed by atoms with Gasteiger partial charge in [-0.3, -0.25) is 4.79 Å². The number of rotatable bonds is 5. The van der Waals surface area contributed by atoms with E-state index in [1.165, 1.54) is 19.2 Å². The van der Waals surface area contributed by atoms with E-state index in [2.05, 4.69) is 5.32 Å². The fourth-order valence-electron chi connectivity index (χ4n) is 1.26. The van der Waals surface area contributed by atoms with Gasteiger partial charge in [0.2, 0.25) is 0 Å². The fourth-order valence-corrected chi connectivity index (χ4v) is 2.15. The number of ether oxygens (including phenoxy) is 1. The molecule has 5 nitrogen and oxygen atoms in total. The molecule has 1 amide bonds. The normalized spacial score (nSPS) is 13.1. The van der Waals surface area contributed by atoms with Gasteiger partial charge >= 0.3 is 0 Å². The molecule has 18 heavy (non-hydrogen) atoms. The van der Waals surface area contributed by atoms with Crippen LogP contribution in [0.1, 0.15) is 13.8 Å². The molecule has 0 aliphatic carbocycles. The maximum Gasteiger partial charge on any atom is 0.253 e. The smallest absolute Gasteiger partial charge is 0.253 e. The van der Waals surface area contributed by atoms with Crippen LogP contribution in [0.2, 0.25) is 0 Å². The number of hydrogen-bond donors (Lipinski definition) is 1. The molecule has 0 saturated carbocycles. The Kier molecular flexibility index (Phi) is 4.86. The van der Waals surface area contributed by atoms with Gasteiger partial charge in [-0.05, 0) is 31.2 Å². The molecule has 100 valence electrons. The predicted octanol–water partition coefficient (Wildman–Crippen LogP) is 1.45. The Balaban J connectivity index is 2.82. The molecule has 1 aromatic rings. The third kappa shape index (κ3) is 3.54. The third-order valence-corrected chi connectivity index (χ3v) is 4.33. The minimum atomic E-state index is -3.20. The summed E-state index contributed by atoms with van der Waals surface area (Å²) in [5.41, 5.74) is 0.541. The summed E-state index contributed by atoms with van der Waals surface area (Å²) in [6.45, 7) is 3.22. The lowest BCUT2D eigenvalue weighted by Gasteiger charge is -2.10. The van der Waals surface area contributed by atoms with E-state index in [-0.39, 0.29) is 16.6 Å². The molecule has 6 heteroatoms. The first kappa shape index (κ1) is 14.7. The summed E-state index contributed by atoms with van der Waals surface area (Å²) in [7, 11) is -1.76. The lowest BCUT2D eigenvalue weighted by Crippen LogP contribution is -2.26. The molecular formula is C12H17NO4S. The van der Waals surface area contributed by atoms with Crippen LogP contribution in [0.4, 0.5) is 5.69 Å². The van der Waals surface area contributed by atoms with Crippen molar-refractivity contribution in [2.45, 2.75) is 24.8 Å². The van der Waals surface area contributed by atoms with E-state index < -0.39 is 15.9 Å². The molecule has 0 fully saturated rings. The topological polar surface area (TPSA) is 72.5 Å². The summed E-state index contributed by atoms with van der Waals surface area (Å²) in [5.74, 6) is -0.219. The van der Waals surface area contributed by atoms with E-state index in [0.717, 1.165) is 0 Å². The van der Waals surface area contributed by atoms with Crippen LogP contribution in [0.25, 0.3) is 0 Å². The van der Waals surface area contributed by atoms with E-state index in [0.29, 0.717) is 5.69 Å².